The molecule has 1 aromatic carbocycles. The normalized spacial score (nSPS) is 18.7. The Morgan fingerprint density at radius 2 is 2.17 bits per heavy atom. The van der Waals surface area contributed by atoms with Crippen molar-refractivity contribution in [3.63, 3.8) is 0 Å². The van der Waals surface area contributed by atoms with Crippen molar-refractivity contribution in [3.05, 3.63) is 53.4 Å². The van der Waals surface area contributed by atoms with Crippen LogP contribution < -0.4 is 0 Å². The maximum Gasteiger partial charge on any atom is 0.191 e. The first-order valence-electron chi connectivity index (χ1n) is 8.38. The largest absolute Gasteiger partial charge is 0.449 e. The van der Waals surface area contributed by atoms with E-state index in [2.05, 4.69) is 53.0 Å². The fraction of sp³-hybridized carbons (Fsp3) is 0.421. The molecule has 23 heavy (non-hydrogen) atoms. The van der Waals surface area contributed by atoms with Gasteiger partial charge in [-0.15, -0.1) is 0 Å². The maximum atomic E-state index is 5.37. The van der Waals surface area contributed by atoms with Crippen LogP contribution in [0.25, 0.3) is 10.9 Å². The lowest BCUT2D eigenvalue weighted by Crippen LogP contribution is -2.37. The summed E-state index contributed by atoms with van der Waals surface area (Å²) in [5, 5.41) is 1.38. The summed E-state index contributed by atoms with van der Waals surface area (Å²) in [5.41, 5.74) is 5.15. The summed E-state index contributed by atoms with van der Waals surface area (Å²) in [6, 6.07) is 9.04. The fourth-order valence-corrected chi connectivity index (χ4v) is 3.94. The molecule has 3 heterocycles. The summed E-state index contributed by atoms with van der Waals surface area (Å²) < 4.78 is 5.37. The van der Waals surface area contributed by atoms with Crippen molar-refractivity contribution in [1.82, 2.24) is 14.9 Å². The molecule has 0 bridgehead atoms. The number of oxazole rings is 1. The SMILES string of the molecule is Cc1nc(CN2CCc3c([nH]c4ccccc34)[C@H]2C(C)C)co1. The Bertz CT molecular complexity index is 830. The van der Waals surface area contributed by atoms with Crippen molar-refractivity contribution in [2.75, 3.05) is 6.54 Å². The average Bonchev–Trinajstić information content (AvgIpc) is 3.09. The minimum Gasteiger partial charge on any atom is -0.449 e. The topological polar surface area (TPSA) is 45.1 Å². The predicted molar refractivity (Wildman–Crippen MR) is 91.2 cm³/mol. The Morgan fingerprint density at radius 3 is 2.91 bits per heavy atom. The van der Waals surface area contributed by atoms with Crippen LogP contribution >= 0.6 is 0 Å². The number of rotatable bonds is 3. The summed E-state index contributed by atoms with van der Waals surface area (Å²) in [6.45, 7) is 8.40. The molecular formula is C19H23N3O. The number of aryl methyl sites for hydroxylation is 1. The van der Waals surface area contributed by atoms with Gasteiger partial charge in [0.2, 0.25) is 0 Å². The minimum absolute atomic E-state index is 0.392. The lowest BCUT2D eigenvalue weighted by molar-refractivity contribution is 0.131. The Hall–Kier alpha value is -2.07. The highest BCUT2D eigenvalue weighted by Crippen LogP contribution is 2.38. The van der Waals surface area contributed by atoms with Gasteiger partial charge in [-0.25, -0.2) is 4.98 Å². The second-order valence-corrected chi connectivity index (χ2v) is 6.83. The first-order valence-corrected chi connectivity index (χ1v) is 8.38. The molecule has 0 saturated carbocycles. The third-order valence-corrected chi connectivity index (χ3v) is 4.85. The van der Waals surface area contributed by atoms with Gasteiger partial charge in [-0.1, -0.05) is 32.0 Å². The zero-order valence-corrected chi connectivity index (χ0v) is 14.0. The van der Waals surface area contributed by atoms with E-state index in [4.69, 9.17) is 4.42 Å². The molecule has 0 fully saturated rings. The molecule has 4 nitrogen and oxygen atoms in total. The Balaban J connectivity index is 1.73. The van der Waals surface area contributed by atoms with Crippen LogP contribution in [0.2, 0.25) is 0 Å². The first kappa shape index (κ1) is 14.5. The summed E-state index contributed by atoms with van der Waals surface area (Å²) in [5.74, 6) is 1.28. The molecule has 0 unspecified atom stereocenters. The number of aromatic amines is 1. The molecule has 120 valence electrons. The van der Waals surface area contributed by atoms with Gasteiger partial charge in [0, 0.05) is 36.6 Å². The van der Waals surface area contributed by atoms with Crippen LogP contribution in [0.1, 0.15) is 42.7 Å². The van der Waals surface area contributed by atoms with Gasteiger partial charge in [-0.05, 0) is 24.0 Å². The molecule has 2 aromatic heterocycles. The molecule has 4 rings (SSSR count). The van der Waals surface area contributed by atoms with Crippen LogP contribution in [0.4, 0.5) is 0 Å². The van der Waals surface area contributed by atoms with Crippen molar-refractivity contribution in [2.45, 2.75) is 39.8 Å². The highest BCUT2D eigenvalue weighted by atomic mass is 16.3. The van der Waals surface area contributed by atoms with E-state index < -0.39 is 0 Å². The molecule has 4 heteroatoms. The lowest BCUT2D eigenvalue weighted by atomic mass is 9.90. The number of nitrogens with one attached hydrogen (secondary N) is 1. The van der Waals surface area contributed by atoms with Crippen molar-refractivity contribution >= 4 is 10.9 Å². The molecule has 1 aliphatic rings. The van der Waals surface area contributed by atoms with Gasteiger partial charge in [0.05, 0.1) is 11.7 Å². The molecule has 0 radical (unpaired) electrons. The van der Waals surface area contributed by atoms with E-state index in [1.54, 1.807) is 6.26 Å². The van der Waals surface area contributed by atoms with Gasteiger partial charge in [0.15, 0.2) is 5.89 Å². The number of para-hydroxylation sites is 1. The molecular weight excluding hydrogens is 286 g/mol. The van der Waals surface area contributed by atoms with Crippen molar-refractivity contribution in [1.29, 1.82) is 0 Å². The molecule has 0 amide bonds. The second kappa shape index (κ2) is 5.53. The number of H-pyrrole nitrogens is 1. The molecule has 0 spiro atoms. The van der Waals surface area contributed by atoms with Crippen LogP contribution in [0.15, 0.2) is 34.9 Å². The third kappa shape index (κ3) is 2.47. The second-order valence-electron chi connectivity index (χ2n) is 6.83. The standard InChI is InChI=1S/C19H23N3O/c1-12(2)19-18-16(15-6-4-5-7-17(15)21-18)8-9-22(19)10-14-11-23-13(3)20-14/h4-7,11-12,19,21H,8-10H2,1-3H3/t19-/m1/s1. The number of nitrogens with zero attached hydrogens (tertiary/aromatic N) is 2. The van der Waals surface area contributed by atoms with E-state index in [9.17, 15) is 0 Å². The minimum atomic E-state index is 0.392. The van der Waals surface area contributed by atoms with Gasteiger partial charge < -0.3 is 9.40 Å². The molecule has 1 aliphatic heterocycles. The van der Waals surface area contributed by atoms with Crippen molar-refractivity contribution in [2.24, 2.45) is 5.92 Å². The molecule has 0 aliphatic carbocycles. The van der Waals surface area contributed by atoms with E-state index in [-0.39, 0.29) is 0 Å². The summed E-state index contributed by atoms with van der Waals surface area (Å²) in [6.07, 6.45) is 2.87. The maximum absolute atomic E-state index is 5.37. The smallest absolute Gasteiger partial charge is 0.191 e. The van der Waals surface area contributed by atoms with E-state index in [1.165, 1.54) is 22.2 Å². The molecule has 3 aromatic rings. The summed E-state index contributed by atoms with van der Waals surface area (Å²) in [4.78, 5) is 10.7. The van der Waals surface area contributed by atoms with E-state index in [0.29, 0.717) is 12.0 Å². The Kier molecular flexibility index (Phi) is 3.49. The number of fused-ring (bicyclic) bond motifs is 3. The molecule has 1 atom stereocenters. The van der Waals surface area contributed by atoms with Gasteiger partial charge in [0.1, 0.15) is 6.26 Å². The first-order chi connectivity index (χ1) is 11.1. The Morgan fingerprint density at radius 1 is 1.35 bits per heavy atom. The van der Waals surface area contributed by atoms with Gasteiger partial charge in [-0.2, -0.15) is 0 Å². The number of aromatic nitrogens is 2. The van der Waals surface area contributed by atoms with Gasteiger partial charge in [-0.3, -0.25) is 4.90 Å². The highest BCUT2D eigenvalue weighted by molar-refractivity contribution is 5.85. The van der Waals surface area contributed by atoms with Crippen LogP contribution in [-0.2, 0) is 13.0 Å². The number of hydrogen-bond donors (Lipinski definition) is 1. The van der Waals surface area contributed by atoms with E-state index in [0.717, 1.165) is 31.1 Å². The average molecular weight is 309 g/mol. The fourth-order valence-electron chi connectivity index (χ4n) is 3.94. The van der Waals surface area contributed by atoms with Crippen molar-refractivity contribution < 1.29 is 4.42 Å². The molecule has 1 N–H and O–H groups in total. The number of hydrogen-bond acceptors (Lipinski definition) is 3. The lowest BCUT2D eigenvalue weighted by Gasteiger charge is -2.37. The van der Waals surface area contributed by atoms with Gasteiger partial charge in [0.25, 0.3) is 0 Å². The quantitative estimate of drug-likeness (QED) is 0.788. The monoisotopic (exact) mass is 309 g/mol. The number of benzene rings is 1. The van der Waals surface area contributed by atoms with Gasteiger partial charge >= 0.3 is 0 Å². The Labute approximate surface area is 136 Å². The van der Waals surface area contributed by atoms with E-state index in [1.807, 2.05) is 6.92 Å². The van der Waals surface area contributed by atoms with Crippen molar-refractivity contribution in [3.8, 4) is 0 Å². The van der Waals surface area contributed by atoms with E-state index >= 15 is 0 Å². The van der Waals surface area contributed by atoms with Crippen LogP contribution in [0, 0.1) is 12.8 Å². The summed E-state index contributed by atoms with van der Waals surface area (Å²) >= 11 is 0. The zero-order chi connectivity index (χ0) is 16.0. The summed E-state index contributed by atoms with van der Waals surface area (Å²) in [7, 11) is 0. The predicted octanol–water partition coefficient (Wildman–Crippen LogP) is 4.22. The van der Waals surface area contributed by atoms with Crippen LogP contribution in [-0.4, -0.2) is 21.4 Å². The van der Waals surface area contributed by atoms with Crippen LogP contribution in [0.3, 0.4) is 0 Å². The zero-order valence-electron chi connectivity index (χ0n) is 14.0. The van der Waals surface area contributed by atoms with Crippen LogP contribution in [0.5, 0.6) is 0 Å². The third-order valence-electron chi connectivity index (χ3n) is 4.85. The molecule has 0 saturated heterocycles. The highest BCUT2D eigenvalue weighted by Gasteiger charge is 2.32.